The maximum atomic E-state index is 10.5. The summed E-state index contributed by atoms with van der Waals surface area (Å²) in [5.74, 6) is 1.40. The van der Waals surface area contributed by atoms with Crippen LogP contribution in [0.4, 0.5) is 0 Å². The predicted octanol–water partition coefficient (Wildman–Crippen LogP) is 5.35. The molecule has 2 aromatic rings. The standard InChI is InChI=1S/C19H23O3P/c1-12(2)17-9-15(5-6-19(17)20)10-18-13(3)7-16(8-14(18)4)22-11-23-21/h5-9,12,20H,10-11H2,1-4H3. The van der Waals surface area contributed by atoms with E-state index in [1.807, 2.05) is 18.2 Å². The summed E-state index contributed by atoms with van der Waals surface area (Å²) in [7, 11) is -0.0123. The third-order valence-electron chi connectivity index (χ3n) is 4.05. The number of rotatable bonds is 6. The Bertz CT molecular complexity index is 685. The van der Waals surface area contributed by atoms with E-state index in [4.69, 9.17) is 4.74 Å². The molecule has 4 heteroatoms. The van der Waals surface area contributed by atoms with E-state index in [2.05, 4.69) is 33.8 Å². The summed E-state index contributed by atoms with van der Waals surface area (Å²) in [6, 6.07) is 9.80. The van der Waals surface area contributed by atoms with Crippen LogP contribution in [0.15, 0.2) is 30.3 Å². The number of hydrogen-bond acceptors (Lipinski definition) is 3. The van der Waals surface area contributed by atoms with Crippen LogP contribution in [0.3, 0.4) is 0 Å². The second-order valence-corrected chi connectivity index (χ2v) is 6.68. The van der Waals surface area contributed by atoms with E-state index >= 15 is 0 Å². The van der Waals surface area contributed by atoms with E-state index in [-0.39, 0.29) is 14.8 Å². The molecule has 0 aliphatic carbocycles. The zero-order chi connectivity index (χ0) is 17.0. The summed E-state index contributed by atoms with van der Waals surface area (Å²) < 4.78 is 16.0. The van der Waals surface area contributed by atoms with Gasteiger partial charge in [-0.25, -0.2) is 0 Å². The average molecular weight is 330 g/mol. The molecule has 0 radical (unpaired) electrons. The molecular weight excluding hydrogens is 307 g/mol. The van der Waals surface area contributed by atoms with Crippen molar-refractivity contribution in [3.8, 4) is 11.5 Å². The van der Waals surface area contributed by atoms with Gasteiger partial charge in [-0.2, -0.15) is 0 Å². The van der Waals surface area contributed by atoms with E-state index in [0.29, 0.717) is 11.7 Å². The summed E-state index contributed by atoms with van der Waals surface area (Å²) in [5, 5.41) is 9.96. The second kappa shape index (κ2) is 7.61. The van der Waals surface area contributed by atoms with Gasteiger partial charge in [-0.1, -0.05) is 26.0 Å². The molecule has 0 saturated carbocycles. The minimum absolute atomic E-state index is 0.0123. The summed E-state index contributed by atoms with van der Waals surface area (Å²) in [5.41, 5.74) is 5.73. The first kappa shape index (κ1) is 17.5. The number of phenolic OH excluding ortho intramolecular Hbond substituents is 1. The second-order valence-electron chi connectivity index (χ2n) is 6.16. The van der Waals surface area contributed by atoms with E-state index in [0.717, 1.165) is 28.9 Å². The Morgan fingerprint density at radius 1 is 1.13 bits per heavy atom. The molecule has 0 spiro atoms. The molecule has 0 heterocycles. The lowest BCUT2D eigenvalue weighted by molar-refractivity contribution is 0.384. The molecule has 0 aliphatic rings. The fourth-order valence-electron chi connectivity index (χ4n) is 2.80. The molecule has 0 aliphatic heterocycles. The number of ether oxygens (including phenoxy) is 1. The van der Waals surface area contributed by atoms with Crippen molar-refractivity contribution in [2.24, 2.45) is 0 Å². The van der Waals surface area contributed by atoms with Gasteiger partial charge in [-0.3, -0.25) is 4.57 Å². The minimum Gasteiger partial charge on any atom is -0.508 e. The molecule has 0 aromatic heterocycles. The molecular formula is C19H23O3P. The van der Waals surface area contributed by atoms with Crippen LogP contribution in [-0.4, -0.2) is 11.5 Å². The number of phenols is 1. The van der Waals surface area contributed by atoms with Gasteiger partial charge >= 0.3 is 0 Å². The molecule has 0 saturated heterocycles. The van der Waals surface area contributed by atoms with Crippen LogP contribution in [0.25, 0.3) is 0 Å². The van der Waals surface area contributed by atoms with Gasteiger partial charge in [0.2, 0.25) is 0 Å². The van der Waals surface area contributed by atoms with Crippen LogP contribution in [0.1, 0.15) is 47.6 Å². The molecule has 1 N–H and O–H groups in total. The van der Waals surface area contributed by atoms with Gasteiger partial charge in [0.1, 0.15) is 11.5 Å². The summed E-state index contributed by atoms with van der Waals surface area (Å²) >= 11 is 0. The van der Waals surface area contributed by atoms with Crippen LogP contribution in [0.2, 0.25) is 0 Å². The highest BCUT2D eigenvalue weighted by molar-refractivity contribution is 7.23. The molecule has 0 fully saturated rings. The van der Waals surface area contributed by atoms with Crippen LogP contribution in [0, 0.1) is 13.8 Å². The fourth-order valence-corrected chi connectivity index (χ4v) is 3.00. The topological polar surface area (TPSA) is 46.5 Å². The Morgan fingerprint density at radius 2 is 1.78 bits per heavy atom. The Morgan fingerprint density at radius 3 is 2.35 bits per heavy atom. The van der Waals surface area contributed by atoms with Crippen molar-refractivity contribution >= 4 is 8.46 Å². The Kier molecular flexibility index (Phi) is 5.79. The third kappa shape index (κ3) is 4.33. The zero-order valence-corrected chi connectivity index (χ0v) is 15.0. The van der Waals surface area contributed by atoms with E-state index in [1.165, 1.54) is 11.1 Å². The van der Waals surface area contributed by atoms with Crippen LogP contribution in [-0.2, 0) is 11.0 Å². The predicted molar refractivity (Wildman–Crippen MR) is 94.0 cm³/mol. The largest absolute Gasteiger partial charge is 0.508 e. The van der Waals surface area contributed by atoms with Crippen molar-refractivity contribution in [3.63, 3.8) is 0 Å². The van der Waals surface area contributed by atoms with E-state index < -0.39 is 0 Å². The number of benzene rings is 2. The molecule has 0 unspecified atom stereocenters. The van der Waals surface area contributed by atoms with Gasteiger partial charge in [0.05, 0.1) is 0 Å². The first-order chi connectivity index (χ1) is 10.9. The Hall–Kier alpha value is -1.86. The van der Waals surface area contributed by atoms with Crippen LogP contribution in [0.5, 0.6) is 11.5 Å². The molecule has 23 heavy (non-hydrogen) atoms. The van der Waals surface area contributed by atoms with E-state index in [9.17, 15) is 9.67 Å². The van der Waals surface area contributed by atoms with Gasteiger partial charge in [-0.05, 0) is 72.2 Å². The normalized spacial score (nSPS) is 11.2. The van der Waals surface area contributed by atoms with Crippen molar-refractivity contribution in [3.05, 3.63) is 58.1 Å². The molecule has 0 atom stereocenters. The highest BCUT2D eigenvalue weighted by atomic mass is 31.1. The molecule has 0 bridgehead atoms. The van der Waals surface area contributed by atoms with Gasteiger partial charge in [-0.15, -0.1) is 0 Å². The van der Waals surface area contributed by atoms with Gasteiger partial charge < -0.3 is 9.84 Å². The van der Waals surface area contributed by atoms with Crippen LogP contribution < -0.4 is 4.74 Å². The lowest BCUT2D eigenvalue weighted by atomic mass is 9.93. The molecule has 2 aromatic carbocycles. The molecule has 122 valence electrons. The maximum Gasteiger partial charge on any atom is 0.197 e. The van der Waals surface area contributed by atoms with Gasteiger partial charge in [0.15, 0.2) is 14.8 Å². The number of hydrogen-bond donors (Lipinski definition) is 1. The summed E-state index contributed by atoms with van der Waals surface area (Å²) in [6.07, 6.45) is 0.992. The minimum atomic E-state index is -0.0123. The van der Waals surface area contributed by atoms with Crippen LogP contribution >= 0.6 is 8.46 Å². The van der Waals surface area contributed by atoms with E-state index in [1.54, 1.807) is 6.07 Å². The smallest absolute Gasteiger partial charge is 0.197 e. The lowest BCUT2D eigenvalue weighted by Crippen LogP contribution is -1.99. The monoisotopic (exact) mass is 330 g/mol. The molecule has 0 amide bonds. The first-order valence-corrected chi connectivity index (χ1v) is 8.76. The van der Waals surface area contributed by atoms with Gasteiger partial charge in [0.25, 0.3) is 0 Å². The number of aromatic hydroxyl groups is 1. The Labute approximate surface area is 139 Å². The number of aryl methyl sites for hydroxylation is 2. The van der Waals surface area contributed by atoms with Crippen molar-refractivity contribution in [1.82, 2.24) is 0 Å². The van der Waals surface area contributed by atoms with Crippen molar-refractivity contribution in [2.45, 2.75) is 40.0 Å². The molecule has 2 rings (SSSR count). The summed E-state index contributed by atoms with van der Waals surface area (Å²) in [4.78, 5) is 0. The van der Waals surface area contributed by atoms with Crippen molar-refractivity contribution in [1.29, 1.82) is 0 Å². The first-order valence-electron chi connectivity index (χ1n) is 7.76. The summed E-state index contributed by atoms with van der Waals surface area (Å²) in [6.45, 7) is 8.29. The van der Waals surface area contributed by atoms with Gasteiger partial charge in [0, 0.05) is 0 Å². The lowest BCUT2D eigenvalue weighted by Gasteiger charge is -2.15. The maximum absolute atomic E-state index is 10.5. The Balaban J connectivity index is 2.30. The SMILES string of the molecule is Cc1cc(OCP=O)cc(C)c1Cc1ccc(O)c(C(C)C)c1. The van der Waals surface area contributed by atoms with Crippen molar-refractivity contribution < 1.29 is 14.4 Å². The van der Waals surface area contributed by atoms with Crippen molar-refractivity contribution in [2.75, 3.05) is 6.35 Å². The highest BCUT2D eigenvalue weighted by Crippen LogP contribution is 2.29. The molecule has 3 nitrogen and oxygen atoms in total. The highest BCUT2D eigenvalue weighted by Gasteiger charge is 2.11. The third-order valence-corrected chi connectivity index (χ3v) is 4.28. The zero-order valence-electron chi connectivity index (χ0n) is 14.1. The average Bonchev–Trinajstić information content (AvgIpc) is 2.50. The quantitative estimate of drug-likeness (QED) is 0.726. The fraction of sp³-hybridized carbons (Fsp3) is 0.368.